The fourth-order valence-electron chi connectivity index (χ4n) is 5.03. The van der Waals surface area contributed by atoms with Crippen LogP contribution in [-0.4, -0.2) is 75.4 Å². The highest BCUT2D eigenvalue weighted by Crippen LogP contribution is 2.43. The highest BCUT2D eigenvalue weighted by Gasteiger charge is 2.54. The molecule has 0 bridgehead atoms. The number of carboxylic acids is 1. The number of hydrogen-bond acceptors (Lipinski definition) is 8. The van der Waals surface area contributed by atoms with Crippen LogP contribution in [0.2, 0.25) is 0 Å². The normalized spacial score (nSPS) is 19.7. The van der Waals surface area contributed by atoms with Gasteiger partial charge in [0.05, 0.1) is 18.7 Å². The van der Waals surface area contributed by atoms with Crippen LogP contribution in [0.1, 0.15) is 81.8 Å². The second kappa shape index (κ2) is 13.3. The van der Waals surface area contributed by atoms with Gasteiger partial charge in [0.25, 0.3) is 0 Å². The zero-order valence-corrected chi connectivity index (χ0v) is 22.4. The van der Waals surface area contributed by atoms with E-state index in [4.69, 9.17) is 21.6 Å². The number of carboxylic acid groups (broad SMARTS) is 1. The van der Waals surface area contributed by atoms with E-state index < -0.39 is 29.0 Å². The first-order valence-electron chi connectivity index (χ1n) is 12.8. The summed E-state index contributed by atoms with van der Waals surface area (Å²) in [6.07, 6.45) is 7.43. The summed E-state index contributed by atoms with van der Waals surface area (Å²) in [7, 11) is 0. The average molecular weight is 533 g/mol. The van der Waals surface area contributed by atoms with Crippen molar-refractivity contribution >= 4 is 29.6 Å². The summed E-state index contributed by atoms with van der Waals surface area (Å²) in [6, 6.07) is 2.95. The Labute approximate surface area is 223 Å². The van der Waals surface area contributed by atoms with Crippen molar-refractivity contribution in [1.82, 2.24) is 15.2 Å². The number of likely N-dealkylation sites (tertiary alicyclic amines) is 1. The largest absolute Gasteiger partial charge is 0.479 e. The quantitative estimate of drug-likeness (QED) is 0.186. The summed E-state index contributed by atoms with van der Waals surface area (Å²) in [5.74, 6) is -2.22. The molecule has 0 unspecified atom stereocenters. The molecule has 1 atom stereocenters. The molecule has 2 amide bonds. The number of nitrogen functional groups attached to an aromatic ring is 1. The molecule has 1 aliphatic heterocycles. The Morgan fingerprint density at radius 1 is 1.13 bits per heavy atom. The number of nitrogens with two attached hydrogens (primary N) is 2. The maximum atomic E-state index is 12.7. The van der Waals surface area contributed by atoms with Crippen LogP contribution >= 0.6 is 0 Å². The number of pyridine rings is 1. The van der Waals surface area contributed by atoms with Gasteiger partial charge in [-0.15, -0.1) is 0 Å². The zero-order chi connectivity index (χ0) is 28.5. The number of ether oxygens (including phenoxy) is 1. The highest BCUT2D eigenvalue weighted by atomic mass is 16.6. The van der Waals surface area contributed by atoms with Gasteiger partial charge in [0.2, 0.25) is 11.8 Å². The van der Waals surface area contributed by atoms with E-state index in [-0.39, 0.29) is 30.8 Å². The third-order valence-electron chi connectivity index (χ3n) is 6.66. The molecule has 2 fully saturated rings. The number of rotatable bonds is 8. The van der Waals surface area contributed by atoms with Crippen molar-refractivity contribution < 1.29 is 29.0 Å². The number of nitrogens with one attached hydrogen (secondary N) is 2. The molecule has 12 heteroatoms. The number of carbonyl (C=O) groups excluding carboxylic acids is 3. The first kappa shape index (κ1) is 30.7. The van der Waals surface area contributed by atoms with Crippen molar-refractivity contribution in [2.24, 2.45) is 17.4 Å². The lowest BCUT2D eigenvalue weighted by Gasteiger charge is -2.42. The maximum absolute atomic E-state index is 12.7. The molecule has 3 rings (SSSR count). The Morgan fingerprint density at radius 3 is 2.29 bits per heavy atom. The average Bonchev–Trinajstić information content (AvgIpc) is 3.30. The lowest BCUT2D eigenvalue weighted by Crippen LogP contribution is -2.59. The van der Waals surface area contributed by atoms with Crippen molar-refractivity contribution in [3.05, 3.63) is 29.6 Å². The molecule has 1 saturated carbocycles. The Balaban J connectivity index is 0.000000352. The minimum absolute atomic E-state index is 0.0195. The Morgan fingerprint density at radius 2 is 1.79 bits per heavy atom. The van der Waals surface area contributed by atoms with E-state index in [0.717, 1.165) is 32.1 Å². The van der Waals surface area contributed by atoms with Crippen LogP contribution in [0.5, 0.6) is 0 Å². The van der Waals surface area contributed by atoms with Gasteiger partial charge in [-0.1, -0.05) is 19.3 Å². The van der Waals surface area contributed by atoms with Crippen LogP contribution in [0, 0.1) is 11.3 Å². The molecule has 38 heavy (non-hydrogen) atoms. The summed E-state index contributed by atoms with van der Waals surface area (Å²) in [5, 5.41) is 19.8. The van der Waals surface area contributed by atoms with Gasteiger partial charge in [-0.05, 0) is 64.5 Å². The fourth-order valence-corrected chi connectivity index (χ4v) is 5.03. The molecule has 1 aromatic heterocycles. The number of primary amides is 1. The first-order valence-corrected chi connectivity index (χ1v) is 12.8. The van der Waals surface area contributed by atoms with Gasteiger partial charge >= 0.3 is 11.9 Å². The van der Waals surface area contributed by atoms with Crippen molar-refractivity contribution in [2.75, 3.05) is 19.6 Å². The predicted molar refractivity (Wildman–Crippen MR) is 140 cm³/mol. The lowest BCUT2D eigenvalue weighted by molar-refractivity contribution is -0.161. The topological polar surface area (TPSA) is 202 Å². The molecular weight excluding hydrogens is 492 g/mol. The van der Waals surface area contributed by atoms with Gasteiger partial charge in [-0.3, -0.25) is 30.1 Å². The van der Waals surface area contributed by atoms with Crippen molar-refractivity contribution in [2.45, 2.75) is 76.9 Å². The van der Waals surface area contributed by atoms with Crippen molar-refractivity contribution in [3.8, 4) is 0 Å². The van der Waals surface area contributed by atoms with Gasteiger partial charge < -0.3 is 26.2 Å². The monoisotopic (exact) mass is 532 g/mol. The number of carbonyl (C=O) groups is 4. The zero-order valence-electron chi connectivity index (χ0n) is 22.4. The summed E-state index contributed by atoms with van der Waals surface area (Å²) in [5.41, 5.74) is 9.11. The van der Waals surface area contributed by atoms with Crippen molar-refractivity contribution in [1.29, 1.82) is 5.41 Å². The van der Waals surface area contributed by atoms with Gasteiger partial charge in [-0.2, -0.15) is 0 Å². The minimum Gasteiger partial charge on any atom is -0.479 e. The molecule has 7 N–H and O–H groups in total. The summed E-state index contributed by atoms with van der Waals surface area (Å²) < 4.78 is 5.20. The van der Waals surface area contributed by atoms with E-state index in [2.05, 4.69) is 10.3 Å². The third kappa shape index (κ3) is 8.23. The van der Waals surface area contributed by atoms with Crippen LogP contribution < -0.4 is 16.8 Å². The Bertz CT molecular complexity index is 983. The highest BCUT2D eigenvalue weighted by molar-refractivity contribution is 5.95. The number of hydrogen-bond donors (Lipinski definition) is 5. The number of aliphatic carboxylic acids is 1. The molecule has 0 radical (unpaired) electrons. The van der Waals surface area contributed by atoms with Gasteiger partial charge in [0.1, 0.15) is 22.7 Å². The molecule has 0 aromatic carbocycles. The number of nitrogens with zero attached hydrogens (tertiary/aromatic N) is 2. The second-order valence-corrected chi connectivity index (χ2v) is 10.6. The van der Waals surface area contributed by atoms with Crippen LogP contribution in [0.4, 0.5) is 0 Å². The number of amides is 2. The van der Waals surface area contributed by atoms with Gasteiger partial charge in [-0.25, -0.2) is 4.79 Å². The SMILES string of the molecule is CC(C)(C)OC(=O)CNCC(=O)N1CCC[C@]1(C(=O)O)C1CCCCC1.N=C(N)c1ccc(C(N)=O)cn1. The minimum atomic E-state index is -1.08. The molecule has 210 valence electrons. The molecular formula is C26H40N6O6. The van der Waals surface area contributed by atoms with Crippen LogP contribution in [0.3, 0.4) is 0 Å². The van der Waals surface area contributed by atoms with E-state index in [1.807, 2.05) is 0 Å². The van der Waals surface area contributed by atoms with E-state index >= 15 is 0 Å². The first-order chi connectivity index (χ1) is 17.8. The van der Waals surface area contributed by atoms with Crippen LogP contribution in [0.25, 0.3) is 0 Å². The van der Waals surface area contributed by atoms with Crippen molar-refractivity contribution in [3.63, 3.8) is 0 Å². The predicted octanol–water partition coefficient (Wildman–Crippen LogP) is 1.41. The van der Waals surface area contributed by atoms with Crippen LogP contribution in [0.15, 0.2) is 18.3 Å². The smallest absolute Gasteiger partial charge is 0.329 e. The molecule has 1 aliphatic carbocycles. The summed E-state index contributed by atoms with van der Waals surface area (Å²) >= 11 is 0. The van der Waals surface area contributed by atoms with E-state index in [0.29, 0.717) is 30.6 Å². The Hall–Kier alpha value is -3.54. The Kier molecular flexibility index (Phi) is 10.7. The van der Waals surface area contributed by atoms with E-state index in [1.165, 1.54) is 18.3 Å². The molecule has 1 saturated heterocycles. The fraction of sp³-hybridized carbons (Fsp3) is 0.615. The number of aromatic nitrogens is 1. The number of esters is 1. The molecule has 12 nitrogen and oxygen atoms in total. The molecule has 2 aliphatic rings. The van der Waals surface area contributed by atoms with Crippen LogP contribution in [-0.2, 0) is 19.1 Å². The molecule has 0 spiro atoms. The van der Waals surface area contributed by atoms with Gasteiger partial charge in [0.15, 0.2) is 0 Å². The van der Waals surface area contributed by atoms with E-state index in [1.54, 1.807) is 25.7 Å². The second-order valence-electron chi connectivity index (χ2n) is 10.6. The van der Waals surface area contributed by atoms with E-state index in [9.17, 15) is 24.3 Å². The molecule has 2 heterocycles. The molecule has 1 aromatic rings. The standard InChI is InChI=1S/C19H32N2O5.C7H8N4O/c1-18(2,3)26-16(23)13-20-12-15(22)21-11-7-10-19(21,17(24)25)14-8-5-4-6-9-14;8-6(9)5-2-1-4(3-11-5)7(10)12/h14,20H,4-13H2,1-3H3,(H,24,25);1-3H,(H3,8,9)(H2,10,12)/t19-;/m1./s1. The summed E-state index contributed by atoms with van der Waals surface area (Å²) in [6.45, 7) is 5.69. The maximum Gasteiger partial charge on any atom is 0.329 e. The van der Waals surface area contributed by atoms with Gasteiger partial charge in [0, 0.05) is 12.7 Å². The third-order valence-corrected chi connectivity index (χ3v) is 6.66. The number of amidine groups is 1. The lowest BCUT2D eigenvalue weighted by atomic mass is 9.73. The summed E-state index contributed by atoms with van der Waals surface area (Å²) in [4.78, 5) is 52.5.